The molecule has 1 aliphatic heterocycles. The van der Waals surface area contributed by atoms with Crippen LogP contribution in [-0.4, -0.2) is 35.1 Å². The number of amidine groups is 1. The lowest BCUT2D eigenvalue weighted by Gasteiger charge is -2.22. The Labute approximate surface area is 113 Å². The van der Waals surface area contributed by atoms with E-state index in [0.717, 1.165) is 37.4 Å². The van der Waals surface area contributed by atoms with E-state index in [1.165, 1.54) is 0 Å². The van der Waals surface area contributed by atoms with Crippen LogP contribution in [0, 0.1) is 24.2 Å². The third-order valence-electron chi connectivity index (χ3n) is 4.42. The third-order valence-corrected chi connectivity index (χ3v) is 4.42. The van der Waals surface area contributed by atoms with E-state index in [9.17, 15) is 5.11 Å². The van der Waals surface area contributed by atoms with Gasteiger partial charge in [-0.2, -0.15) is 0 Å². The van der Waals surface area contributed by atoms with E-state index >= 15 is 0 Å². The number of nitrogens with two attached hydrogens (primary N) is 1. The molecule has 3 unspecified atom stereocenters. The van der Waals surface area contributed by atoms with Crippen molar-refractivity contribution in [1.82, 2.24) is 4.98 Å². The predicted molar refractivity (Wildman–Crippen MR) is 74.4 cm³/mol. The summed E-state index contributed by atoms with van der Waals surface area (Å²) in [6.07, 6.45) is 1.83. The Hall–Kier alpha value is -1.62. The van der Waals surface area contributed by atoms with Gasteiger partial charge in [-0.25, -0.2) is 4.98 Å². The number of hydrogen-bond acceptors (Lipinski definition) is 4. The van der Waals surface area contributed by atoms with Crippen LogP contribution in [0.15, 0.2) is 12.1 Å². The molecule has 1 aliphatic carbocycles. The number of rotatable bonds is 2. The van der Waals surface area contributed by atoms with Crippen LogP contribution in [0.2, 0.25) is 0 Å². The Morgan fingerprint density at radius 2 is 2.21 bits per heavy atom. The van der Waals surface area contributed by atoms with E-state index in [-0.39, 0.29) is 11.9 Å². The molecule has 1 aromatic heterocycles. The fourth-order valence-corrected chi connectivity index (χ4v) is 3.40. The average Bonchev–Trinajstić information content (AvgIpc) is 2.91. The van der Waals surface area contributed by atoms with Crippen molar-refractivity contribution in [3.63, 3.8) is 0 Å². The highest BCUT2D eigenvalue weighted by Gasteiger charge is 2.42. The number of aliphatic hydroxyl groups excluding tert-OH is 1. The summed E-state index contributed by atoms with van der Waals surface area (Å²) in [6.45, 7) is 3.68. The van der Waals surface area contributed by atoms with Crippen LogP contribution in [0.4, 0.5) is 5.82 Å². The summed E-state index contributed by atoms with van der Waals surface area (Å²) >= 11 is 0. The van der Waals surface area contributed by atoms with Crippen LogP contribution >= 0.6 is 0 Å². The average molecular weight is 260 g/mol. The minimum absolute atomic E-state index is 0.0557. The second-order valence-corrected chi connectivity index (χ2v) is 5.71. The van der Waals surface area contributed by atoms with Crippen LogP contribution in [0.5, 0.6) is 0 Å². The highest BCUT2D eigenvalue weighted by molar-refractivity contribution is 5.99. The van der Waals surface area contributed by atoms with Gasteiger partial charge in [-0.05, 0) is 37.8 Å². The molecule has 1 saturated carbocycles. The summed E-state index contributed by atoms with van der Waals surface area (Å²) < 4.78 is 0. The van der Waals surface area contributed by atoms with E-state index in [2.05, 4.69) is 9.88 Å². The summed E-state index contributed by atoms with van der Waals surface area (Å²) in [5, 5.41) is 17.7. The summed E-state index contributed by atoms with van der Waals surface area (Å²) in [5.74, 6) is 1.76. The Kier molecular flexibility index (Phi) is 2.93. The molecule has 0 aromatic carbocycles. The number of aromatic nitrogens is 1. The number of aliphatic hydroxyl groups is 1. The van der Waals surface area contributed by atoms with Gasteiger partial charge < -0.3 is 15.7 Å². The second-order valence-electron chi connectivity index (χ2n) is 5.71. The lowest BCUT2D eigenvalue weighted by Crippen LogP contribution is -2.28. The van der Waals surface area contributed by atoms with Gasteiger partial charge in [0.2, 0.25) is 0 Å². The second kappa shape index (κ2) is 4.49. The van der Waals surface area contributed by atoms with Gasteiger partial charge in [0.15, 0.2) is 0 Å². The van der Waals surface area contributed by atoms with Crippen LogP contribution < -0.4 is 10.6 Å². The van der Waals surface area contributed by atoms with E-state index in [1.54, 1.807) is 0 Å². The van der Waals surface area contributed by atoms with Gasteiger partial charge in [0.05, 0.1) is 11.7 Å². The highest BCUT2D eigenvalue weighted by Crippen LogP contribution is 2.40. The molecule has 3 rings (SSSR count). The Balaban J connectivity index is 1.91. The van der Waals surface area contributed by atoms with Crippen LogP contribution in [-0.2, 0) is 0 Å². The topological polar surface area (TPSA) is 86.2 Å². The van der Waals surface area contributed by atoms with Crippen molar-refractivity contribution in [3.8, 4) is 0 Å². The summed E-state index contributed by atoms with van der Waals surface area (Å²) in [5.41, 5.74) is 7.27. The largest absolute Gasteiger partial charge is 0.393 e. The van der Waals surface area contributed by atoms with Gasteiger partial charge in [-0.3, -0.25) is 5.41 Å². The zero-order chi connectivity index (χ0) is 13.6. The van der Waals surface area contributed by atoms with Crippen LogP contribution in [0.3, 0.4) is 0 Å². The van der Waals surface area contributed by atoms with E-state index in [4.69, 9.17) is 11.1 Å². The summed E-state index contributed by atoms with van der Waals surface area (Å²) in [7, 11) is 0. The van der Waals surface area contributed by atoms with Gasteiger partial charge in [-0.15, -0.1) is 0 Å². The Morgan fingerprint density at radius 3 is 2.89 bits per heavy atom. The van der Waals surface area contributed by atoms with Gasteiger partial charge in [0.25, 0.3) is 0 Å². The minimum Gasteiger partial charge on any atom is -0.393 e. The SMILES string of the molecule is Cc1ccc(C(=N)N)c(N2CC3CCC(O)C3C2)n1. The van der Waals surface area contributed by atoms with Crippen molar-refractivity contribution in [2.75, 3.05) is 18.0 Å². The first kappa shape index (κ1) is 12.4. The molecule has 1 aromatic rings. The predicted octanol–water partition coefficient (Wildman–Crippen LogP) is 0.881. The molecule has 2 heterocycles. The number of hydrogen-bond donors (Lipinski definition) is 3. The monoisotopic (exact) mass is 260 g/mol. The smallest absolute Gasteiger partial charge is 0.139 e. The van der Waals surface area contributed by atoms with Gasteiger partial charge in [0.1, 0.15) is 11.7 Å². The maximum absolute atomic E-state index is 9.98. The van der Waals surface area contributed by atoms with Crippen molar-refractivity contribution >= 4 is 11.7 Å². The van der Waals surface area contributed by atoms with Crippen molar-refractivity contribution < 1.29 is 5.11 Å². The molecule has 0 spiro atoms. The number of nitrogen functional groups attached to an aromatic ring is 1. The van der Waals surface area contributed by atoms with Crippen LogP contribution in [0.25, 0.3) is 0 Å². The molecule has 2 aliphatic rings. The number of aryl methyl sites for hydroxylation is 1. The van der Waals surface area contributed by atoms with Crippen molar-refractivity contribution in [1.29, 1.82) is 5.41 Å². The first-order valence-corrected chi connectivity index (χ1v) is 6.81. The molecule has 0 radical (unpaired) electrons. The van der Waals surface area contributed by atoms with Crippen LogP contribution in [0.1, 0.15) is 24.1 Å². The van der Waals surface area contributed by atoms with E-state index in [1.807, 2.05) is 19.1 Å². The van der Waals surface area contributed by atoms with E-state index < -0.39 is 0 Å². The van der Waals surface area contributed by atoms with Gasteiger partial charge in [-0.1, -0.05) is 0 Å². The number of nitrogens with one attached hydrogen (secondary N) is 1. The number of nitrogens with zero attached hydrogens (tertiary/aromatic N) is 2. The maximum atomic E-state index is 9.98. The normalized spacial score (nSPS) is 29.6. The molecule has 1 saturated heterocycles. The van der Waals surface area contributed by atoms with E-state index in [0.29, 0.717) is 17.4 Å². The van der Waals surface area contributed by atoms with Gasteiger partial charge >= 0.3 is 0 Å². The molecule has 2 fully saturated rings. The number of fused-ring (bicyclic) bond motifs is 1. The number of anilines is 1. The quantitative estimate of drug-likeness (QED) is 0.544. The van der Waals surface area contributed by atoms with Crippen molar-refractivity contribution in [3.05, 3.63) is 23.4 Å². The van der Waals surface area contributed by atoms with Gasteiger partial charge in [0, 0.05) is 24.7 Å². The molecule has 102 valence electrons. The first-order valence-electron chi connectivity index (χ1n) is 6.81. The third kappa shape index (κ3) is 2.08. The molecule has 5 heteroatoms. The lowest BCUT2D eigenvalue weighted by molar-refractivity contribution is 0.133. The minimum atomic E-state index is -0.180. The van der Waals surface area contributed by atoms with Crippen molar-refractivity contribution in [2.24, 2.45) is 17.6 Å². The fourth-order valence-electron chi connectivity index (χ4n) is 3.40. The van der Waals surface area contributed by atoms with Crippen molar-refractivity contribution in [2.45, 2.75) is 25.9 Å². The maximum Gasteiger partial charge on any atom is 0.139 e. The summed E-state index contributed by atoms with van der Waals surface area (Å²) in [4.78, 5) is 6.73. The standard InChI is InChI=1S/C14H20N4O/c1-8-2-4-10(13(15)16)14(17-8)18-6-9-3-5-12(19)11(9)7-18/h2,4,9,11-12,19H,3,5-7H2,1H3,(H3,15,16). The summed E-state index contributed by atoms with van der Waals surface area (Å²) in [6, 6.07) is 3.75. The fraction of sp³-hybridized carbons (Fsp3) is 0.571. The molecule has 3 atom stereocenters. The Bertz CT molecular complexity index is 516. The lowest BCUT2D eigenvalue weighted by atomic mass is 10.00. The Morgan fingerprint density at radius 1 is 1.42 bits per heavy atom. The molecule has 19 heavy (non-hydrogen) atoms. The molecule has 4 N–H and O–H groups in total. The zero-order valence-electron chi connectivity index (χ0n) is 11.1. The number of pyridine rings is 1. The molecule has 0 bridgehead atoms. The first-order chi connectivity index (χ1) is 9.06. The molecule has 0 amide bonds. The molecular weight excluding hydrogens is 240 g/mol. The molecule has 5 nitrogen and oxygen atoms in total. The zero-order valence-corrected chi connectivity index (χ0v) is 11.1. The highest BCUT2D eigenvalue weighted by atomic mass is 16.3. The molecular formula is C14H20N4O.